The first-order chi connectivity index (χ1) is 10.1. The van der Waals surface area contributed by atoms with Crippen LogP contribution in [0.3, 0.4) is 0 Å². The maximum Gasteiger partial charge on any atom is 0.221 e. The highest BCUT2D eigenvalue weighted by molar-refractivity contribution is 5.88. The third-order valence-corrected chi connectivity index (χ3v) is 4.10. The lowest BCUT2D eigenvalue weighted by Gasteiger charge is -2.30. The smallest absolute Gasteiger partial charge is 0.221 e. The predicted octanol–water partition coefficient (Wildman–Crippen LogP) is 3.38. The number of rotatable bonds is 4. The van der Waals surface area contributed by atoms with E-state index in [-0.39, 0.29) is 23.9 Å². The lowest BCUT2D eigenvalue weighted by molar-refractivity contribution is -0.114. The van der Waals surface area contributed by atoms with E-state index in [1.165, 1.54) is 13.3 Å². The Morgan fingerprint density at radius 2 is 2.14 bits per heavy atom. The largest absolute Gasteiger partial charge is 0.326 e. The summed E-state index contributed by atoms with van der Waals surface area (Å²) >= 11 is 0. The molecule has 1 amide bonds. The van der Waals surface area contributed by atoms with Gasteiger partial charge in [0.15, 0.2) is 0 Å². The number of carbonyl (C=O) groups excluding carboxylic acids is 1. The maximum absolute atomic E-state index is 11.1. The van der Waals surface area contributed by atoms with Crippen molar-refractivity contribution in [1.82, 2.24) is 5.32 Å². The number of hydrogen-bond acceptors (Lipinski definition) is 3. The zero-order chi connectivity index (χ0) is 15.2. The molecule has 0 aliphatic heterocycles. The Bertz CT molecular complexity index is 535. The number of nitrogens with one attached hydrogen (secondary N) is 2. The molecule has 1 fully saturated rings. The van der Waals surface area contributed by atoms with Gasteiger partial charge < -0.3 is 10.6 Å². The molecule has 3 unspecified atom stereocenters. The summed E-state index contributed by atoms with van der Waals surface area (Å²) in [7, 11) is 0. The van der Waals surface area contributed by atoms with Crippen molar-refractivity contribution in [3.63, 3.8) is 0 Å². The summed E-state index contributed by atoms with van der Waals surface area (Å²) in [5, 5.41) is 15.6. The molecule has 4 heteroatoms. The van der Waals surface area contributed by atoms with E-state index in [2.05, 4.69) is 23.6 Å². The maximum atomic E-state index is 11.1. The van der Waals surface area contributed by atoms with Gasteiger partial charge in [-0.2, -0.15) is 5.26 Å². The number of nitrogens with zero attached hydrogens (tertiary/aromatic N) is 1. The summed E-state index contributed by atoms with van der Waals surface area (Å²) in [6.45, 7) is 3.61. The van der Waals surface area contributed by atoms with Gasteiger partial charge in [-0.25, -0.2) is 0 Å². The number of anilines is 1. The van der Waals surface area contributed by atoms with Crippen LogP contribution < -0.4 is 10.6 Å². The molecule has 1 aliphatic rings. The van der Waals surface area contributed by atoms with Crippen molar-refractivity contribution >= 4 is 11.6 Å². The molecular weight excluding hydrogens is 262 g/mol. The Morgan fingerprint density at radius 3 is 2.86 bits per heavy atom. The second-order valence-electron chi connectivity index (χ2n) is 5.82. The van der Waals surface area contributed by atoms with Gasteiger partial charge in [0, 0.05) is 24.7 Å². The molecule has 0 saturated heterocycles. The van der Waals surface area contributed by atoms with Crippen molar-refractivity contribution in [2.45, 2.75) is 51.6 Å². The van der Waals surface area contributed by atoms with E-state index in [4.69, 9.17) is 0 Å². The zero-order valence-electron chi connectivity index (χ0n) is 12.7. The van der Waals surface area contributed by atoms with Gasteiger partial charge in [-0.15, -0.1) is 0 Å². The molecular formula is C17H23N3O. The first kappa shape index (κ1) is 15.5. The van der Waals surface area contributed by atoms with Crippen molar-refractivity contribution in [2.24, 2.45) is 5.92 Å². The van der Waals surface area contributed by atoms with Crippen molar-refractivity contribution < 1.29 is 4.79 Å². The molecule has 2 N–H and O–H groups in total. The summed E-state index contributed by atoms with van der Waals surface area (Å²) in [6, 6.07) is 10.7. The predicted molar refractivity (Wildman–Crippen MR) is 83.7 cm³/mol. The number of amides is 1. The Kier molecular flexibility index (Phi) is 5.35. The lowest BCUT2D eigenvalue weighted by atomic mass is 9.85. The Labute approximate surface area is 126 Å². The summed E-state index contributed by atoms with van der Waals surface area (Å²) < 4.78 is 0. The topological polar surface area (TPSA) is 64.9 Å². The highest BCUT2D eigenvalue weighted by Crippen LogP contribution is 2.27. The van der Waals surface area contributed by atoms with E-state index in [1.807, 2.05) is 24.3 Å². The van der Waals surface area contributed by atoms with Crippen LogP contribution in [0.15, 0.2) is 24.3 Å². The molecule has 4 nitrogen and oxygen atoms in total. The van der Waals surface area contributed by atoms with Crippen LogP contribution in [0.2, 0.25) is 0 Å². The van der Waals surface area contributed by atoms with Crippen molar-refractivity contribution in [1.29, 1.82) is 5.26 Å². The quantitative estimate of drug-likeness (QED) is 0.891. The number of carbonyl (C=O) groups is 1. The lowest BCUT2D eigenvalue weighted by Crippen LogP contribution is -2.39. The molecule has 112 valence electrons. The summed E-state index contributed by atoms with van der Waals surface area (Å²) in [6.07, 6.45) is 4.40. The zero-order valence-corrected chi connectivity index (χ0v) is 12.7. The molecule has 3 atom stereocenters. The van der Waals surface area contributed by atoms with Crippen LogP contribution in [-0.2, 0) is 4.79 Å². The monoisotopic (exact) mass is 285 g/mol. The van der Waals surface area contributed by atoms with Crippen LogP contribution >= 0.6 is 0 Å². The van der Waals surface area contributed by atoms with Crippen LogP contribution in [0.5, 0.6) is 0 Å². The number of nitriles is 1. The SMILES string of the molecule is CC(=O)Nc1cccc(C(C)NC2CCCCC2C#N)c1. The van der Waals surface area contributed by atoms with Crippen LogP contribution in [0, 0.1) is 17.2 Å². The third kappa shape index (κ3) is 4.30. The van der Waals surface area contributed by atoms with Crippen LogP contribution in [0.25, 0.3) is 0 Å². The van der Waals surface area contributed by atoms with E-state index in [0.29, 0.717) is 0 Å². The minimum absolute atomic E-state index is 0.0652. The van der Waals surface area contributed by atoms with Gasteiger partial charge in [-0.3, -0.25) is 4.79 Å². The average molecular weight is 285 g/mol. The molecule has 1 saturated carbocycles. The van der Waals surface area contributed by atoms with E-state index in [1.54, 1.807) is 0 Å². The van der Waals surface area contributed by atoms with Crippen molar-refractivity contribution in [3.05, 3.63) is 29.8 Å². The Balaban J connectivity index is 2.04. The highest BCUT2D eigenvalue weighted by atomic mass is 16.1. The second kappa shape index (κ2) is 7.24. The van der Waals surface area contributed by atoms with Gasteiger partial charge in [0.2, 0.25) is 5.91 Å². The molecule has 1 aromatic rings. The molecule has 0 radical (unpaired) electrons. The average Bonchev–Trinajstić information content (AvgIpc) is 2.47. The van der Waals surface area contributed by atoms with Gasteiger partial charge in [-0.05, 0) is 37.5 Å². The standard InChI is InChI=1S/C17H23N3O/c1-12(19-17-9-4-3-6-15(17)11-18)14-7-5-8-16(10-14)20-13(2)21/h5,7-8,10,12,15,17,19H,3-4,6,9H2,1-2H3,(H,20,21). The molecule has 2 rings (SSSR count). The number of hydrogen-bond donors (Lipinski definition) is 2. The van der Waals surface area contributed by atoms with Gasteiger partial charge in [0.25, 0.3) is 0 Å². The van der Waals surface area contributed by atoms with E-state index < -0.39 is 0 Å². The van der Waals surface area contributed by atoms with E-state index in [0.717, 1.165) is 30.5 Å². The molecule has 21 heavy (non-hydrogen) atoms. The van der Waals surface area contributed by atoms with Crippen molar-refractivity contribution in [2.75, 3.05) is 5.32 Å². The van der Waals surface area contributed by atoms with Crippen LogP contribution in [-0.4, -0.2) is 11.9 Å². The van der Waals surface area contributed by atoms with Gasteiger partial charge in [0.1, 0.15) is 0 Å². The fourth-order valence-electron chi connectivity index (χ4n) is 2.99. The Hall–Kier alpha value is -1.86. The summed E-state index contributed by atoms with van der Waals surface area (Å²) in [5.74, 6) is 0.0457. The molecule has 0 aromatic heterocycles. The molecule has 0 spiro atoms. The summed E-state index contributed by atoms with van der Waals surface area (Å²) in [4.78, 5) is 11.1. The van der Waals surface area contributed by atoms with E-state index >= 15 is 0 Å². The van der Waals surface area contributed by atoms with Crippen LogP contribution in [0.4, 0.5) is 5.69 Å². The first-order valence-electron chi connectivity index (χ1n) is 7.63. The first-order valence-corrected chi connectivity index (χ1v) is 7.63. The third-order valence-electron chi connectivity index (χ3n) is 4.10. The van der Waals surface area contributed by atoms with Gasteiger partial charge in [0.05, 0.1) is 12.0 Å². The fraction of sp³-hybridized carbons (Fsp3) is 0.529. The molecule has 1 aliphatic carbocycles. The fourth-order valence-corrected chi connectivity index (χ4v) is 2.99. The highest BCUT2D eigenvalue weighted by Gasteiger charge is 2.26. The molecule has 0 bridgehead atoms. The van der Waals surface area contributed by atoms with Crippen LogP contribution in [0.1, 0.15) is 51.1 Å². The number of benzene rings is 1. The normalized spacial score (nSPS) is 23.1. The van der Waals surface area contributed by atoms with Gasteiger partial charge in [-0.1, -0.05) is 25.0 Å². The van der Waals surface area contributed by atoms with Crippen molar-refractivity contribution in [3.8, 4) is 6.07 Å². The van der Waals surface area contributed by atoms with Gasteiger partial charge >= 0.3 is 0 Å². The van der Waals surface area contributed by atoms with E-state index in [9.17, 15) is 10.1 Å². The summed E-state index contributed by atoms with van der Waals surface area (Å²) in [5.41, 5.74) is 1.94. The molecule has 0 heterocycles. The minimum atomic E-state index is -0.0652. The second-order valence-corrected chi connectivity index (χ2v) is 5.82. The minimum Gasteiger partial charge on any atom is -0.326 e. The molecule has 1 aromatic carbocycles. The Morgan fingerprint density at radius 1 is 1.38 bits per heavy atom.